The molecular formula is C17H30N4. The fraction of sp³-hybridized carbons (Fsp3) is 0.824. The quantitative estimate of drug-likeness (QED) is 0.904. The van der Waals surface area contributed by atoms with E-state index in [1.165, 1.54) is 19.3 Å². The Morgan fingerprint density at radius 3 is 2.67 bits per heavy atom. The molecule has 2 aliphatic rings. The van der Waals surface area contributed by atoms with Crippen molar-refractivity contribution in [3.05, 3.63) is 18.2 Å². The van der Waals surface area contributed by atoms with Crippen molar-refractivity contribution in [2.24, 2.45) is 5.92 Å². The average Bonchev–Trinajstić information content (AvgIpc) is 3.25. The van der Waals surface area contributed by atoms with E-state index in [2.05, 4.69) is 53.7 Å². The molecule has 1 saturated heterocycles. The number of rotatable bonds is 5. The van der Waals surface area contributed by atoms with Crippen molar-refractivity contribution in [2.45, 2.75) is 64.6 Å². The first kappa shape index (κ1) is 15.0. The van der Waals surface area contributed by atoms with Crippen molar-refractivity contribution in [2.75, 3.05) is 19.6 Å². The van der Waals surface area contributed by atoms with Gasteiger partial charge in [0.2, 0.25) is 0 Å². The second kappa shape index (κ2) is 5.40. The van der Waals surface area contributed by atoms with E-state index in [0.29, 0.717) is 5.54 Å². The summed E-state index contributed by atoms with van der Waals surface area (Å²) in [7, 11) is 0. The van der Waals surface area contributed by atoms with Gasteiger partial charge in [-0.25, -0.2) is 4.98 Å². The predicted molar refractivity (Wildman–Crippen MR) is 86.4 cm³/mol. The van der Waals surface area contributed by atoms with E-state index in [9.17, 15) is 0 Å². The van der Waals surface area contributed by atoms with Gasteiger partial charge in [-0.2, -0.15) is 0 Å². The molecule has 0 bridgehead atoms. The minimum atomic E-state index is 0.262. The van der Waals surface area contributed by atoms with Gasteiger partial charge in [0.25, 0.3) is 0 Å². The van der Waals surface area contributed by atoms with E-state index in [4.69, 9.17) is 0 Å². The number of aryl methyl sites for hydroxylation is 1. The summed E-state index contributed by atoms with van der Waals surface area (Å²) in [6.45, 7) is 13.7. The van der Waals surface area contributed by atoms with Gasteiger partial charge in [0.1, 0.15) is 5.82 Å². The average molecular weight is 290 g/mol. The topological polar surface area (TPSA) is 33.1 Å². The lowest BCUT2D eigenvalue weighted by atomic mass is 9.84. The summed E-state index contributed by atoms with van der Waals surface area (Å²) in [6.07, 6.45) is 8.01. The fourth-order valence-electron chi connectivity index (χ4n) is 3.71. The zero-order chi connectivity index (χ0) is 15.1. The van der Waals surface area contributed by atoms with E-state index < -0.39 is 0 Å². The molecule has 0 spiro atoms. The van der Waals surface area contributed by atoms with Gasteiger partial charge in [0.05, 0.1) is 0 Å². The highest BCUT2D eigenvalue weighted by molar-refractivity contribution is 5.08. The van der Waals surface area contributed by atoms with Crippen LogP contribution in [0.4, 0.5) is 0 Å². The molecule has 1 saturated carbocycles. The summed E-state index contributed by atoms with van der Waals surface area (Å²) in [5, 5.41) is 3.83. The highest BCUT2D eigenvalue weighted by Gasteiger charge is 2.50. The molecule has 4 nitrogen and oxygen atoms in total. The molecule has 118 valence electrons. The van der Waals surface area contributed by atoms with Crippen molar-refractivity contribution < 1.29 is 0 Å². The fourth-order valence-corrected chi connectivity index (χ4v) is 3.71. The Bertz CT molecular complexity index is 493. The molecule has 2 atom stereocenters. The predicted octanol–water partition coefficient (Wildman–Crippen LogP) is 2.43. The van der Waals surface area contributed by atoms with Crippen molar-refractivity contribution in [3.63, 3.8) is 0 Å². The van der Waals surface area contributed by atoms with E-state index in [1.807, 2.05) is 6.20 Å². The molecule has 1 aromatic heterocycles. The number of nitrogens with one attached hydrogen (secondary N) is 1. The van der Waals surface area contributed by atoms with Gasteiger partial charge in [-0.3, -0.25) is 4.90 Å². The van der Waals surface area contributed by atoms with Crippen LogP contribution >= 0.6 is 0 Å². The Morgan fingerprint density at radius 2 is 2.10 bits per heavy atom. The first-order valence-corrected chi connectivity index (χ1v) is 8.45. The Balaban J connectivity index is 1.72. The van der Waals surface area contributed by atoms with Crippen LogP contribution in [0, 0.1) is 12.8 Å². The summed E-state index contributed by atoms with van der Waals surface area (Å²) >= 11 is 0. The van der Waals surface area contributed by atoms with Gasteiger partial charge >= 0.3 is 0 Å². The number of hydrogen-bond acceptors (Lipinski definition) is 3. The highest BCUT2D eigenvalue weighted by atomic mass is 15.3. The zero-order valence-corrected chi connectivity index (χ0v) is 14.0. The van der Waals surface area contributed by atoms with Crippen molar-refractivity contribution in [3.8, 4) is 0 Å². The largest absolute Gasteiger partial charge is 0.334 e. The maximum atomic E-state index is 4.34. The number of imidazole rings is 1. The summed E-state index contributed by atoms with van der Waals surface area (Å²) in [6, 6.07) is 0. The molecular weight excluding hydrogens is 260 g/mol. The Labute approximate surface area is 128 Å². The highest BCUT2D eigenvalue weighted by Crippen LogP contribution is 2.45. The maximum absolute atomic E-state index is 4.34. The molecule has 21 heavy (non-hydrogen) atoms. The molecule has 1 aliphatic heterocycles. The van der Waals surface area contributed by atoms with Crippen LogP contribution in [0.2, 0.25) is 0 Å². The van der Waals surface area contributed by atoms with E-state index in [1.54, 1.807) is 0 Å². The SMILES string of the molecule is CCC1(C)CN(CCn2ccnc2C)C(C)(C2CC2)CN1. The van der Waals surface area contributed by atoms with Gasteiger partial charge < -0.3 is 9.88 Å². The lowest BCUT2D eigenvalue weighted by Crippen LogP contribution is -2.69. The van der Waals surface area contributed by atoms with Gasteiger partial charge in [-0.1, -0.05) is 6.92 Å². The van der Waals surface area contributed by atoms with Crippen molar-refractivity contribution >= 4 is 0 Å². The van der Waals surface area contributed by atoms with Crippen LogP contribution in [0.25, 0.3) is 0 Å². The summed E-state index contributed by atoms with van der Waals surface area (Å²) in [4.78, 5) is 7.10. The third-order valence-electron chi connectivity index (χ3n) is 5.91. The standard InChI is InChI=1S/C17H30N4/c1-5-16(3)13-21(11-10-20-9-8-18-14(20)2)17(4,12-19-16)15-6-7-15/h8-9,15,19H,5-7,10-13H2,1-4H3. The van der Waals surface area contributed by atoms with Crippen LogP contribution in [0.5, 0.6) is 0 Å². The minimum absolute atomic E-state index is 0.262. The molecule has 0 amide bonds. The first-order chi connectivity index (χ1) is 9.97. The zero-order valence-electron chi connectivity index (χ0n) is 14.0. The molecule has 1 N–H and O–H groups in total. The number of nitrogens with zero attached hydrogens (tertiary/aromatic N) is 3. The molecule has 0 radical (unpaired) electrons. The molecule has 4 heteroatoms. The Morgan fingerprint density at radius 1 is 1.33 bits per heavy atom. The third-order valence-corrected chi connectivity index (χ3v) is 5.91. The molecule has 1 aromatic rings. The van der Waals surface area contributed by atoms with Crippen LogP contribution in [0.3, 0.4) is 0 Å². The molecule has 0 aromatic carbocycles. The molecule has 3 rings (SSSR count). The van der Waals surface area contributed by atoms with E-state index in [0.717, 1.165) is 37.9 Å². The van der Waals surface area contributed by atoms with Crippen LogP contribution < -0.4 is 5.32 Å². The summed E-state index contributed by atoms with van der Waals surface area (Å²) < 4.78 is 2.28. The number of aromatic nitrogens is 2. The molecule has 2 fully saturated rings. The Hall–Kier alpha value is -0.870. The van der Waals surface area contributed by atoms with Gasteiger partial charge in [-0.05, 0) is 46.0 Å². The van der Waals surface area contributed by atoms with Crippen molar-refractivity contribution in [1.29, 1.82) is 0 Å². The van der Waals surface area contributed by atoms with Gasteiger partial charge in [0.15, 0.2) is 0 Å². The Kier molecular flexibility index (Phi) is 3.87. The molecule has 2 unspecified atom stereocenters. The van der Waals surface area contributed by atoms with Gasteiger partial charge in [-0.15, -0.1) is 0 Å². The second-order valence-electron chi connectivity index (χ2n) is 7.49. The van der Waals surface area contributed by atoms with Crippen LogP contribution in [-0.2, 0) is 6.54 Å². The minimum Gasteiger partial charge on any atom is -0.334 e. The third kappa shape index (κ3) is 2.88. The van der Waals surface area contributed by atoms with Crippen LogP contribution in [0.15, 0.2) is 12.4 Å². The van der Waals surface area contributed by atoms with Crippen LogP contribution in [0.1, 0.15) is 45.9 Å². The lowest BCUT2D eigenvalue weighted by molar-refractivity contribution is 0.00277. The second-order valence-corrected chi connectivity index (χ2v) is 7.49. The van der Waals surface area contributed by atoms with E-state index >= 15 is 0 Å². The first-order valence-electron chi connectivity index (χ1n) is 8.45. The maximum Gasteiger partial charge on any atom is 0.105 e. The number of piperazine rings is 1. The monoisotopic (exact) mass is 290 g/mol. The lowest BCUT2D eigenvalue weighted by Gasteiger charge is -2.53. The smallest absolute Gasteiger partial charge is 0.105 e. The summed E-state index contributed by atoms with van der Waals surface area (Å²) in [5.74, 6) is 2.01. The number of hydrogen-bond donors (Lipinski definition) is 1. The summed E-state index contributed by atoms with van der Waals surface area (Å²) in [5.41, 5.74) is 0.599. The normalized spacial score (nSPS) is 34.3. The molecule has 2 heterocycles. The molecule has 1 aliphatic carbocycles. The van der Waals surface area contributed by atoms with E-state index in [-0.39, 0.29) is 5.54 Å². The van der Waals surface area contributed by atoms with Gasteiger partial charge in [0, 0.05) is 49.7 Å². The van der Waals surface area contributed by atoms with Crippen molar-refractivity contribution in [1.82, 2.24) is 19.8 Å². The van der Waals surface area contributed by atoms with Crippen LogP contribution in [-0.4, -0.2) is 45.2 Å².